The van der Waals surface area contributed by atoms with Crippen LogP contribution in [0.5, 0.6) is 0 Å². The summed E-state index contributed by atoms with van der Waals surface area (Å²) in [4.78, 5) is 3.95. The number of nitrogens with zero attached hydrogens (tertiary/aromatic N) is 1. The second-order valence-electron chi connectivity index (χ2n) is 6.33. The average molecular weight is 280 g/mol. The minimum absolute atomic E-state index is 0.382. The van der Waals surface area contributed by atoms with Gasteiger partial charge in [0.1, 0.15) is 0 Å². The Kier molecular flexibility index (Phi) is 5.43. The van der Waals surface area contributed by atoms with Crippen molar-refractivity contribution in [2.24, 2.45) is 5.92 Å². The van der Waals surface area contributed by atoms with Gasteiger partial charge in [-0.05, 0) is 50.7 Å². The van der Waals surface area contributed by atoms with E-state index in [2.05, 4.69) is 48.7 Å². The molecule has 2 atom stereocenters. The third-order valence-electron chi connectivity index (χ3n) is 4.60. The van der Waals surface area contributed by atoms with Gasteiger partial charge in [-0.2, -0.15) is 0 Å². The van der Waals surface area contributed by atoms with Crippen molar-refractivity contribution >= 4 is 11.3 Å². The maximum absolute atomic E-state index is 3.70. The summed E-state index contributed by atoms with van der Waals surface area (Å²) < 4.78 is 0. The Bertz CT molecular complexity index is 361. The number of likely N-dealkylation sites (N-methyl/N-ethyl adjacent to an activating group) is 1. The normalized spacial score (nSPS) is 27.9. The van der Waals surface area contributed by atoms with Crippen molar-refractivity contribution in [3.63, 3.8) is 0 Å². The Morgan fingerprint density at radius 2 is 2.32 bits per heavy atom. The van der Waals surface area contributed by atoms with Crippen LogP contribution >= 0.6 is 11.3 Å². The zero-order valence-corrected chi connectivity index (χ0v) is 13.4. The first-order valence-corrected chi connectivity index (χ1v) is 8.41. The third-order valence-corrected chi connectivity index (χ3v) is 5.53. The molecule has 1 aliphatic carbocycles. The maximum atomic E-state index is 3.70. The molecular weight excluding hydrogens is 252 g/mol. The highest BCUT2D eigenvalue weighted by Gasteiger charge is 2.36. The maximum Gasteiger partial charge on any atom is 0.0330 e. The van der Waals surface area contributed by atoms with Gasteiger partial charge in [0.05, 0.1) is 0 Å². The molecule has 2 unspecified atom stereocenters. The van der Waals surface area contributed by atoms with E-state index >= 15 is 0 Å². The van der Waals surface area contributed by atoms with Crippen LogP contribution in [0, 0.1) is 5.92 Å². The van der Waals surface area contributed by atoms with E-state index in [-0.39, 0.29) is 0 Å². The van der Waals surface area contributed by atoms with Crippen molar-refractivity contribution in [1.29, 1.82) is 0 Å². The number of hydrogen-bond donors (Lipinski definition) is 1. The van der Waals surface area contributed by atoms with Crippen LogP contribution in [0.2, 0.25) is 0 Å². The van der Waals surface area contributed by atoms with E-state index in [0.717, 1.165) is 25.4 Å². The van der Waals surface area contributed by atoms with Gasteiger partial charge >= 0.3 is 0 Å². The third kappa shape index (κ3) is 4.04. The van der Waals surface area contributed by atoms with Crippen LogP contribution in [0.3, 0.4) is 0 Å². The van der Waals surface area contributed by atoms with Crippen LogP contribution in [-0.4, -0.2) is 37.6 Å². The van der Waals surface area contributed by atoms with Gasteiger partial charge < -0.3 is 10.2 Å². The zero-order valence-electron chi connectivity index (χ0n) is 12.6. The van der Waals surface area contributed by atoms with Crippen molar-refractivity contribution in [3.05, 3.63) is 22.4 Å². The molecule has 1 N–H and O–H groups in total. The highest BCUT2D eigenvalue weighted by molar-refractivity contribution is 7.09. The Morgan fingerprint density at radius 3 is 2.95 bits per heavy atom. The average Bonchev–Trinajstić information content (AvgIpc) is 2.87. The minimum Gasteiger partial charge on any atom is -0.315 e. The van der Waals surface area contributed by atoms with E-state index in [1.165, 1.54) is 30.6 Å². The molecule has 0 saturated heterocycles. The molecular formula is C16H28N2S. The molecule has 2 rings (SSSR count). The van der Waals surface area contributed by atoms with Gasteiger partial charge in [-0.1, -0.05) is 25.8 Å². The Labute approximate surface area is 122 Å². The van der Waals surface area contributed by atoms with E-state index in [0.29, 0.717) is 5.54 Å². The first-order valence-electron chi connectivity index (χ1n) is 7.53. The SMILES string of the molecule is CC1CCCC(CNCCc2cccs2)(N(C)C)C1. The van der Waals surface area contributed by atoms with E-state index in [9.17, 15) is 0 Å². The zero-order chi connectivity index (χ0) is 13.7. The summed E-state index contributed by atoms with van der Waals surface area (Å²) >= 11 is 1.86. The molecule has 0 aliphatic heterocycles. The molecule has 1 saturated carbocycles. The van der Waals surface area contributed by atoms with Gasteiger partial charge in [0.25, 0.3) is 0 Å². The van der Waals surface area contributed by atoms with Gasteiger partial charge in [-0.3, -0.25) is 0 Å². The minimum atomic E-state index is 0.382. The van der Waals surface area contributed by atoms with Crippen molar-refractivity contribution in [2.45, 2.75) is 44.6 Å². The lowest BCUT2D eigenvalue weighted by atomic mass is 9.75. The molecule has 1 heterocycles. The molecule has 0 amide bonds. The van der Waals surface area contributed by atoms with Crippen molar-refractivity contribution in [1.82, 2.24) is 10.2 Å². The predicted molar refractivity (Wildman–Crippen MR) is 84.9 cm³/mol. The molecule has 0 radical (unpaired) electrons. The molecule has 19 heavy (non-hydrogen) atoms. The lowest BCUT2D eigenvalue weighted by Gasteiger charge is -2.45. The van der Waals surface area contributed by atoms with E-state index < -0.39 is 0 Å². The molecule has 2 nitrogen and oxygen atoms in total. The quantitative estimate of drug-likeness (QED) is 0.804. The highest BCUT2D eigenvalue weighted by atomic mass is 32.1. The molecule has 108 valence electrons. The lowest BCUT2D eigenvalue weighted by Crippen LogP contribution is -2.54. The predicted octanol–water partition coefficient (Wildman–Crippen LogP) is 3.39. The molecule has 1 aromatic heterocycles. The molecule has 1 fully saturated rings. The van der Waals surface area contributed by atoms with Crippen LogP contribution < -0.4 is 5.32 Å². The summed E-state index contributed by atoms with van der Waals surface area (Å²) in [7, 11) is 4.50. The first kappa shape index (κ1) is 15.0. The van der Waals surface area contributed by atoms with Gasteiger partial charge in [0.15, 0.2) is 0 Å². The van der Waals surface area contributed by atoms with Crippen molar-refractivity contribution in [3.8, 4) is 0 Å². The van der Waals surface area contributed by atoms with Gasteiger partial charge in [0.2, 0.25) is 0 Å². The molecule has 3 heteroatoms. The summed E-state index contributed by atoms with van der Waals surface area (Å²) in [6.07, 6.45) is 6.63. The van der Waals surface area contributed by atoms with E-state index in [1.54, 1.807) is 0 Å². The fraction of sp³-hybridized carbons (Fsp3) is 0.750. The summed E-state index contributed by atoms with van der Waals surface area (Å²) in [5.74, 6) is 0.871. The molecule has 1 aromatic rings. The van der Waals surface area contributed by atoms with Crippen LogP contribution in [-0.2, 0) is 6.42 Å². The van der Waals surface area contributed by atoms with Gasteiger partial charge in [-0.15, -0.1) is 11.3 Å². The number of rotatable bonds is 6. The Balaban J connectivity index is 1.80. The Hall–Kier alpha value is -0.380. The van der Waals surface area contributed by atoms with Gasteiger partial charge in [-0.25, -0.2) is 0 Å². The fourth-order valence-corrected chi connectivity index (χ4v) is 4.05. The van der Waals surface area contributed by atoms with Crippen LogP contribution in [0.25, 0.3) is 0 Å². The topological polar surface area (TPSA) is 15.3 Å². The summed E-state index contributed by atoms with van der Waals surface area (Å²) in [6, 6.07) is 4.38. The summed E-state index contributed by atoms with van der Waals surface area (Å²) in [6.45, 7) is 4.64. The molecule has 1 aliphatic rings. The number of nitrogens with one attached hydrogen (secondary N) is 1. The van der Waals surface area contributed by atoms with E-state index in [1.807, 2.05) is 11.3 Å². The lowest BCUT2D eigenvalue weighted by molar-refractivity contribution is 0.0755. The van der Waals surface area contributed by atoms with Gasteiger partial charge in [0, 0.05) is 23.5 Å². The smallest absolute Gasteiger partial charge is 0.0330 e. The van der Waals surface area contributed by atoms with Crippen LogP contribution in [0.1, 0.15) is 37.5 Å². The first-order chi connectivity index (χ1) is 9.12. The highest BCUT2D eigenvalue weighted by Crippen LogP contribution is 2.35. The standard InChI is InChI=1S/C16H28N2S/c1-14-6-4-9-16(12-14,18(2)3)13-17-10-8-15-7-5-11-19-15/h5,7,11,14,17H,4,6,8-10,12-13H2,1-3H3. The molecule has 0 bridgehead atoms. The largest absolute Gasteiger partial charge is 0.315 e. The number of thiophene rings is 1. The summed E-state index contributed by atoms with van der Waals surface area (Å²) in [5, 5.41) is 5.87. The Morgan fingerprint density at radius 1 is 1.47 bits per heavy atom. The monoisotopic (exact) mass is 280 g/mol. The van der Waals surface area contributed by atoms with E-state index in [4.69, 9.17) is 0 Å². The van der Waals surface area contributed by atoms with Crippen molar-refractivity contribution < 1.29 is 0 Å². The number of hydrogen-bond acceptors (Lipinski definition) is 3. The van der Waals surface area contributed by atoms with Crippen molar-refractivity contribution in [2.75, 3.05) is 27.2 Å². The fourth-order valence-electron chi connectivity index (χ4n) is 3.34. The van der Waals surface area contributed by atoms with Crippen LogP contribution in [0.4, 0.5) is 0 Å². The molecule has 0 spiro atoms. The molecule has 0 aromatic carbocycles. The van der Waals surface area contributed by atoms with Crippen LogP contribution in [0.15, 0.2) is 17.5 Å². The second-order valence-corrected chi connectivity index (χ2v) is 7.36. The summed E-state index contributed by atoms with van der Waals surface area (Å²) in [5.41, 5.74) is 0.382. The second kappa shape index (κ2) is 6.87.